The minimum Gasteiger partial charge on any atom is -0.369 e. The van der Waals surface area contributed by atoms with Crippen LogP contribution in [-0.4, -0.2) is 19.1 Å². The van der Waals surface area contributed by atoms with Gasteiger partial charge < -0.3 is 10.6 Å². The molecule has 0 radical (unpaired) electrons. The van der Waals surface area contributed by atoms with E-state index in [1.165, 1.54) is 17.0 Å². The number of nitrogens with two attached hydrogens (primary N) is 1. The van der Waals surface area contributed by atoms with Gasteiger partial charge in [0.2, 0.25) is 0 Å². The normalized spacial score (nSPS) is 22.8. The van der Waals surface area contributed by atoms with Crippen molar-refractivity contribution in [3.63, 3.8) is 0 Å². The van der Waals surface area contributed by atoms with Crippen LogP contribution in [0.4, 0.5) is 18.9 Å². The van der Waals surface area contributed by atoms with Crippen LogP contribution in [0.3, 0.4) is 0 Å². The highest BCUT2D eigenvalue weighted by atomic mass is 32.1. The molecule has 0 amide bonds. The number of alkyl halides is 3. The summed E-state index contributed by atoms with van der Waals surface area (Å²) in [6.45, 7) is 1.29. The van der Waals surface area contributed by atoms with E-state index in [2.05, 4.69) is 6.07 Å². The van der Waals surface area contributed by atoms with E-state index in [0.717, 1.165) is 12.5 Å². The maximum atomic E-state index is 12.9. The average Bonchev–Trinajstić information content (AvgIpc) is 3.00. The van der Waals surface area contributed by atoms with Crippen molar-refractivity contribution in [3.8, 4) is 0 Å². The summed E-state index contributed by atoms with van der Waals surface area (Å²) in [4.78, 5) is 3.21. The van der Waals surface area contributed by atoms with Gasteiger partial charge in [-0.2, -0.15) is 13.2 Å². The number of rotatable bonds is 2. The number of halogens is 3. The van der Waals surface area contributed by atoms with Gasteiger partial charge in [-0.25, -0.2) is 0 Å². The van der Waals surface area contributed by atoms with E-state index in [0.29, 0.717) is 18.8 Å². The highest BCUT2D eigenvalue weighted by Crippen LogP contribution is 2.35. The summed E-state index contributed by atoms with van der Waals surface area (Å²) in [6, 6.07) is 9.52. The fraction of sp³-hybridized carbons (Fsp3) is 0.375. The lowest BCUT2D eigenvalue weighted by molar-refractivity contribution is -0.137. The van der Waals surface area contributed by atoms with E-state index >= 15 is 0 Å². The molecule has 0 aliphatic carbocycles. The molecule has 2 unspecified atom stereocenters. The third kappa shape index (κ3) is 3.28. The minimum atomic E-state index is -4.32. The van der Waals surface area contributed by atoms with Crippen molar-refractivity contribution in [2.75, 3.05) is 18.0 Å². The largest absolute Gasteiger partial charge is 0.416 e. The fourth-order valence-electron chi connectivity index (χ4n) is 2.96. The minimum absolute atomic E-state index is 0.0320. The summed E-state index contributed by atoms with van der Waals surface area (Å²) in [5.74, 6) is 0.276. The van der Waals surface area contributed by atoms with Crippen molar-refractivity contribution >= 4 is 17.0 Å². The number of anilines is 1. The Morgan fingerprint density at radius 2 is 1.95 bits per heavy atom. The van der Waals surface area contributed by atoms with Gasteiger partial charge in [0.25, 0.3) is 0 Å². The predicted molar refractivity (Wildman–Crippen MR) is 83.3 cm³/mol. The Balaban J connectivity index is 1.85. The number of benzene rings is 1. The molecule has 1 aliphatic rings. The predicted octanol–water partition coefficient (Wildman–Crippen LogP) is 4.09. The van der Waals surface area contributed by atoms with Crippen molar-refractivity contribution in [2.45, 2.75) is 24.6 Å². The summed E-state index contributed by atoms with van der Waals surface area (Å²) >= 11 is 1.67. The van der Waals surface area contributed by atoms with Crippen LogP contribution in [0.15, 0.2) is 41.8 Å². The molecule has 1 aromatic heterocycles. The Labute approximate surface area is 131 Å². The van der Waals surface area contributed by atoms with E-state index in [9.17, 15) is 13.2 Å². The first-order valence-electron chi connectivity index (χ1n) is 7.14. The van der Waals surface area contributed by atoms with Crippen molar-refractivity contribution in [2.24, 2.45) is 5.73 Å². The van der Waals surface area contributed by atoms with E-state index in [1.807, 2.05) is 16.3 Å². The Hall–Kier alpha value is -1.53. The average molecular weight is 326 g/mol. The molecule has 0 spiro atoms. The first-order chi connectivity index (χ1) is 10.4. The second-order valence-electron chi connectivity index (χ2n) is 5.66. The van der Waals surface area contributed by atoms with Gasteiger partial charge in [0.15, 0.2) is 0 Å². The third-order valence-corrected chi connectivity index (χ3v) is 5.00. The van der Waals surface area contributed by atoms with Crippen LogP contribution >= 0.6 is 11.3 Å². The SMILES string of the molecule is NC1CC(c2cccs2)CN(c2cccc(C(F)(F)F)c2)C1. The van der Waals surface area contributed by atoms with Crippen molar-refractivity contribution in [1.82, 2.24) is 0 Å². The van der Waals surface area contributed by atoms with Crippen LogP contribution in [-0.2, 0) is 6.18 Å². The second kappa shape index (κ2) is 5.93. The Morgan fingerprint density at radius 3 is 2.64 bits per heavy atom. The molecular formula is C16H17F3N2S. The van der Waals surface area contributed by atoms with E-state index in [1.54, 1.807) is 17.4 Å². The smallest absolute Gasteiger partial charge is 0.369 e. The fourth-order valence-corrected chi connectivity index (χ4v) is 3.79. The molecule has 2 nitrogen and oxygen atoms in total. The Kier molecular flexibility index (Phi) is 4.14. The zero-order chi connectivity index (χ0) is 15.7. The van der Waals surface area contributed by atoms with Gasteiger partial charge in [0, 0.05) is 35.6 Å². The molecule has 118 valence electrons. The number of hydrogen-bond donors (Lipinski definition) is 1. The lowest BCUT2D eigenvalue weighted by Gasteiger charge is -2.37. The topological polar surface area (TPSA) is 29.3 Å². The van der Waals surface area contributed by atoms with Gasteiger partial charge >= 0.3 is 6.18 Å². The van der Waals surface area contributed by atoms with Gasteiger partial charge in [-0.1, -0.05) is 12.1 Å². The number of nitrogens with zero attached hydrogens (tertiary/aromatic N) is 1. The van der Waals surface area contributed by atoms with Crippen LogP contribution in [0.25, 0.3) is 0 Å². The van der Waals surface area contributed by atoms with Gasteiger partial charge in [-0.15, -0.1) is 11.3 Å². The first kappa shape index (κ1) is 15.4. The Morgan fingerprint density at radius 1 is 1.14 bits per heavy atom. The molecule has 1 fully saturated rings. The molecule has 0 saturated carbocycles. The van der Waals surface area contributed by atoms with Crippen LogP contribution in [0, 0.1) is 0 Å². The molecule has 2 atom stereocenters. The molecule has 1 saturated heterocycles. The second-order valence-corrected chi connectivity index (χ2v) is 6.64. The van der Waals surface area contributed by atoms with E-state index < -0.39 is 11.7 Å². The highest BCUT2D eigenvalue weighted by molar-refractivity contribution is 7.10. The van der Waals surface area contributed by atoms with E-state index in [4.69, 9.17) is 5.73 Å². The summed E-state index contributed by atoms with van der Waals surface area (Å²) in [5, 5.41) is 2.02. The third-order valence-electron chi connectivity index (χ3n) is 3.97. The molecule has 3 rings (SSSR count). The van der Waals surface area contributed by atoms with Crippen LogP contribution in [0.2, 0.25) is 0 Å². The molecular weight excluding hydrogens is 309 g/mol. The lowest BCUT2D eigenvalue weighted by Crippen LogP contribution is -2.46. The standard InChI is InChI=1S/C16H17F3N2S/c17-16(18,19)12-3-1-4-14(8-12)21-9-11(7-13(20)10-21)15-5-2-6-22-15/h1-6,8,11,13H,7,9-10,20H2. The van der Waals surface area contributed by atoms with Crippen molar-refractivity contribution in [1.29, 1.82) is 0 Å². The quantitative estimate of drug-likeness (QED) is 0.901. The van der Waals surface area contributed by atoms with Crippen molar-refractivity contribution < 1.29 is 13.2 Å². The van der Waals surface area contributed by atoms with Crippen molar-refractivity contribution in [3.05, 3.63) is 52.2 Å². The molecule has 1 aliphatic heterocycles. The molecule has 6 heteroatoms. The maximum Gasteiger partial charge on any atom is 0.416 e. The van der Waals surface area contributed by atoms with Crippen LogP contribution < -0.4 is 10.6 Å². The lowest BCUT2D eigenvalue weighted by atomic mass is 9.93. The summed E-state index contributed by atoms with van der Waals surface area (Å²) in [5.41, 5.74) is 6.10. The number of hydrogen-bond acceptors (Lipinski definition) is 3. The molecule has 1 aromatic carbocycles. The zero-order valence-electron chi connectivity index (χ0n) is 11.9. The molecule has 22 heavy (non-hydrogen) atoms. The first-order valence-corrected chi connectivity index (χ1v) is 8.02. The number of piperidine rings is 1. The monoisotopic (exact) mass is 326 g/mol. The van der Waals surface area contributed by atoms with Crippen LogP contribution in [0.1, 0.15) is 22.8 Å². The van der Waals surface area contributed by atoms with Gasteiger partial charge in [-0.3, -0.25) is 0 Å². The van der Waals surface area contributed by atoms with Gasteiger partial charge in [0.1, 0.15) is 0 Å². The molecule has 0 bridgehead atoms. The highest BCUT2D eigenvalue weighted by Gasteiger charge is 2.32. The summed E-state index contributed by atoms with van der Waals surface area (Å²) in [7, 11) is 0. The molecule has 2 heterocycles. The number of thiophene rings is 1. The Bertz CT molecular complexity index is 625. The summed E-state index contributed by atoms with van der Waals surface area (Å²) < 4.78 is 38.6. The zero-order valence-corrected chi connectivity index (χ0v) is 12.7. The van der Waals surface area contributed by atoms with Gasteiger partial charge in [0.05, 0.1) is 5.56 Å². The van der Waals surface area contributed by atoms with Crippen LogP contribution in [0.5, 0.6) is 0 Å². The molecule has 2 N–H and O–H groups in total. The molecule has 2 aromatic rings. The summed E-state index contributed by atoms with van der Waals surface area (Å²) in [6.07, 6.45) is -3.45. The maximum absolute atomic E-state index is 12.9. The van der Waals surface area contributed by atoms with Gasteiger partial charge in [-0.05, 0) is 36.1 Å². The van der Waals surface area contributed by atoms with E-state index in [-0.39, 0.29) is 12.0 Å².